The maximum Gasteiger partial charge on any atom is 0.306 e. The second kappa shape index (κ2) is 4.07. The minimum absolute atomic E-state index is 0.0600. The molecule has 2 rings (SSSR count). The van der Waals surface area contributed by atoms with Gasteiger partial charge in [0.05, 0.1) is 6.42 Å². The van der Waals surface area contributed by atoms with Crippen molar-refractivity contribution < 1.29 is 15.0 Å². The zero-order valence-electron chi connectivity index (χ0n) is 8.69. The van der Waals surface area contributed by atoms with E-state index >= 15 is 0 Å². The van der Waals surface area contributed by atoms with Crippen molar-refractivity contribution in [2.75, 3.05) is 0 Å². The van der Waals surface area contributed by atoms with Gasteiger partial charge in [0.15, 0.2) is 0 Å². The number of carboxylic acids is 1. The van der Waals surface area contributed by atoms with Crippen LogP contribution in [0.4, 0.5) is 0 Å². The SMILES string of the molecule is O=C(O)CC(O)(c1ccc(Cl)cc1)C1CC1. The topological polar surface area (TPSA) is 57.5 Å². The van der Waals surface area contributed by atoms with Crippen LogP contribution in [0.15, 0.2) is 24.3 Å². The van der Waals surface area contributed by atoms with Gasteiger partial charge in [-0.05, 0) is 36.5 Å². The van der Waals surface area contributed by atoms with Crippen molar-refractivity contribution in [3.05, 3.63) is 34.9 Å². The van der Waals surface area contributed by atoms with Gasteiger partial charge in [0.2, 0.25) is 0 Å². The molecule has 0 heterocycles. The maximum atomic E-state index is 10.8. The first kappa shape index (κ1) is 11.4. The first-order chi connectivity index (χ1) is 7.52. The number of benzene rings is 1. The van der Waals surface area contributed by atoms with Gasteiger partial charge in [-0.1, -0.05) is 23.7 Å². The van der Waals surface area contributed by atoms with Crippen LogP contribution in [0, 0.1) is 5.92 Å². The summed E-state index contributed by atoms with van der Waals surface area (Å²) in [6.45, 7) is 0. The molecule has 0 saturated heterocycles. The Bertz CT molecular complexity index is 397. The molecular formula is C12H13ClO3. The molecule has 0 amide bonds. The van der Waals surface area contributed by atoms with Crippen LogP contribution in [0.5, 0.6) is 0 Å². The van der Waals surface area contributed by atoms with Crippen molar-refractivity contribution in [1.82, 2.24) is 0 Å². The molecular weight excluding hydrogens is 228 g/mol. The summed E-state index contributed by atoms with van der Waals surface area (Å²) in [5.74, 6) is -0.922. The number of rotatable bonds is 4. The maximum absolute atomic E-state index is 10.8. The number of aliphatic carboxylic acids is 1. The molecule has 1 fully saturated rings. The number of carbonyl (C=O) groups is 1. The lowest BCUT2D eigenvalue weighted by Crippen LogP contribution is -2.31. The molecule has 2 N–H and O–H groups in total. The van der Waals surface area contributed by atoms with Gasteiger partial charge in [0.1, 0.15) is 5.60 Å². The van der Waals surface area contributed by atoms with Crippen molar-refractivity contribution in [2.24, 2.45) is 5.92 Å². The fourth-order valence-corrected chi connectivity index (χ4v) is 2.14. The van der Waals surface area contributed by atoms with Crippen LogP contribution in [-0.4, -0.2) is 16.2 Å². The fraction of sp³-hybridized carbons (Fsp3) is 0.417. The lowest BCUT2D eigenvalue weighted by Gasteiger charge is -2.27. The summed E-state index contributed by atoms with van der Waals surface area (Å²) in [7, 11) is 0. The Kier molecular flexibility index (Phi) is 2.91. The summed E-state index contributed by atoms with van der Waals surface area (Å²) in [5.41, 5.74) is -0.599. The minimum atomic E-state index is -1.24. The van der Waals surface area contributed by atoms with E-state index in [0.29, 0.717) is 10.6 Å². The Labute approximate surface area is 98.7 Å². The molecule has 1 aromatic carbocycles. The van der Waals surface area contributed by atoms with Gasteiger partial charge in [0, 0.05) is 5.02 Å². The van der Waals surface area contributed by atoms with E-state index in [4.69, 9.17) is 16.7 Å². The highest BCUT2D eigenvalue weighted by atomic mass is 35.5. The monoisotopic (exact) mass is 240 g/mol. The van der Waals surface area contributed by atoms with E-state index < -0.39 is 11.6 Å². The van der Waals surface area contributed by atoms with E-state index in [1.165, 1.54) is 0 Å². The number of hydrogen-bond acceptors (Lipinski definition) is 2. The van der Waals surface area contributed by atoms with E-state index in [2.05, 4.69) is 0 Å². The summed E-state index contributed by atoms with van der Waals surface area (Å²) >= 11 is 5.76. The zero-order valence-corrected chi connectivity index (χ0v) is 9.44. The lowest BCUT2D eigenvalue weighted by molar-refractivity contribution is -0.144. The predicted octanol–water partition coefficient (Wildman–Crippen LogP) is 2.41. The number of aliphatic hydroxyl groups is 1. The smallest absolute Gasteiger partial charge is 0.306 e. The fourth-order valence-electron chi connectivity index (χ4n) is 2.01. The van der Waals surface area contributed by atoms with Crippen molar-refractivity contribution in [3.8, 4) is 0 Å². The molecule has 0 bridgehead atoms. The Morgan fingerprint density at radius 3 is 2.38 bits per heavy atom. The van der Waals surface area contributed by atoms with Crippen LogP contribution in [0.3, 0.4) is 0 Å². The first-order valence-electron chi connectivity index (χ1n) is 5.22. The van der Waals surface area contributed by atoms with Crippen LogP contribution in [-0.2, 0) is 10.4 Å². The highest BCUT2D eigenvalue weighted by molar-refractivity contribution is 6.30. The van der Waals surface area contributed by atoms with Crippen molar-refractivity contribution >= 4 is 17.6 Å². The Morgan fingerprint density at radius 2 is 1.94 bits per heavy atom. The molecule has 86 valence electrons. The summed E-state index contributed by atoms with van der Waals surface area (Å²) in [6.07, 6.45) is 1.51. The van der Waals surface area contributed by atoms with Crippen molar-refractivity contribution in [3.63, 3.8) is 0 Å². The van der Waals surface area contributed by atoms with Crippen molar-refractivity contribution in [1.29, 1.82) is 0 Å². The molecule has 0 aromatic heterocycles. The Hall–Kier alpha value is -1.06. The molecule has 1 aromatic rings. The molecule has 0 spiro atoms. The van der Waals surface area contributed by atoms with Crippen LogP contribution < -0.4 is 0 Å². The van der Waals surface area contributed by atoms with E-state index in [0.717, 1.165) is 12.8 Å². The molecule has 1 atom stereocenters. The summed E-state index contributed by atoms with van der Waals surface area (Å²) in [4.78, 5) is 10.8. The molecule has 3 nitrogen and oxygen atoms in total. The van der Waals surface area contributed by atoms with E-state index in [1.807, 2.05) is 0 Å². The van der Waals surface area contributed by atoms with Crippen LogP contribution in [0.2, 0.25) is 5.02 Å². The summed E-state index contributed by atoms with van der Waals surface area (Å²) < 4.78 is 0. The third-order valence-corrected chi connectivity index (χ3v) is 3.27. The minimum Gasteiger partial charge on any atom is -0.481 e. The van der Waals surface area contributed by atoms with Crippen LogP contribution in [0.25, 0.3) is 0 Å². The van der Waals surface area contributed by atoms with Gasteiger partial charge in [-0.3, -0.25) is 4.79 Å². The summed E-state index contributed by atoms with van der Waals surface area (Å²) in [6, 6.07) is 6.74. The standard InChI is InChI=1S/C12H13ClO3/c13-10-5-3-9(4-6-10)12(16,7-11(14)15)8-1-2-8/h3-6,8,16H,1-2,7H2,(H,14,15). The second-order valence-corrected chi connectivity index (χ2v) is 4.71. The average molecular weight is 241 g/mol. The molecule has 4 heteroatoms. The van der Waals surface area contributed by atoms with Gasteiger partial charge in [-0.2, -0.15) is 0 Å². The second-order valence-electron chi connectivity index (χ2n) is 4.28. The molecule has 1 unspecified atom stereocenters. The molecule has 1 saturated carbocycles. The average Bonchev–Trinajstić information content (AvgIpc) is 3.00. The van der Waals surface area contributed by atoms with Crippen molar-refractivity contribution in [2.45, 2.75) is 24.9 Å². The number of halogens is 1. The first-order valence-corrected chi connectivity index (χ1v) is 5.60. The molecule has 1 aliphatic carbocycles. The normalized spacial score (nSPS) is 19.1. The molecule has 0 radical (unpaired) electrons. The van der Waals surface area contributed by atoms with Gasteiger partial charge in [-0.25, -0.2) is 0 Å². The van der Waals surface area contributed by atoms with Gasteiger partial charge in [-0.15, -0.1) is 0 Å². The Balaban J connectivity index is 2.31. The Morgan fingerprint density at radius 1 is 1.38 bits per heavy atom. The summed E-state index contributed by atoms with van der Waals surface area (Å²) in [5, 5.41) is 19.9. The van der Waals surface area contributed by atoms with Crippen LogP contribution in [0.1, 0.15) is 24.8 Å². The third-order valence-electron chi connectivity index (χ3n) is 3.02. The molecule has 1 aliphatic rings. The predicted molar refractivity (Wildman–Crippen MR) is 60.3 cm³/mol. The van der Waals surface area contributed by atoms with Crippen LogP contribution >= 0.6 is 11.6 Å². The number of hydrogen-bond donors (Lipinski definition) is 2. The van der Waals surface area contributed by atoms with E-state index in [1.54, 1.807) is 24.3 Å². The van der Waals surface area contributed by atoms with E-state index in [-0.39, 0.29) is 12.3 Å². The van der Waals surface area contributed by atoms with E-state index in [9.17, 15) is 9.90 Å². The number of carboxylic acid groups (broad SMARTS) is 1. The van der Waals surface area contributed by atoms with Gasteiger partial charge >= 0.3 is 5.97 Å². The molecule has 16 heavy (non-hydrogen) atoms. The molecule has 0 aliphatic heterocycles. The largest absolute Gasteiger partial charge is 0.481 e. The zero-order chi connectivity index (χ0) is 11.8. The van der Waals surface area contributed by atoms with Gasteiger partial charge < -0.3 is 10.2 Å². The highest BCUT2D eigenvalue weighted by Crippen LogP contribution is 2.47. The lowest BCUT2D eigenvalue weighted by atomic mass is 9.86. The van der Waals surface area contributed by atoms with Gasteiger partial charge in [0.25, 0.3) is 0 Å². The highest BCUT2D eigenvalue weighted by Gasteiger charge is 2.46. The third kappa shape index (κ3) is 2.20. The quantitative estimate of drug-likeness (QED) is 0.850.